The molecule has 0 saturated carbocycles. The maximum Gasteiger partial charge on any atom is 0.191 e. The molecule has 112 valence electrons. The molecule has 1 rings (SSSR count). The molecule has 0 spiro atoms. The molecule has 0 aliphatic carbocycles. The van der Waals surface area contributed by atoms with E-state index in [0.29, 0.717) is 12.1 Å². The van der Waals surface area contributed by atoms with Crippen LogP contribution in [0.2, 0.25) is 0 Å². The molecule has 1 saturated heterocycles. The van der Waals surface area contributed by atoms with Crippen LogP contribution in [-0.4, -0.2) is 61.1 Å². The van der Waals surface area contributed by atoms with Crippen molar-refractivity contribution in [1.82, 2.24) is 15.5 Å². The third-order valence-corrected chi connectivity index (χ3v) is 4.10. The zero-order chi connectivity index (χ0) is 14.1. The monoisotopic (exact) mass is 286 g/mol. The Hall–Kier alpha value is -0.420. The van der Waals surface area contributed by atoms with Gasteiger partial charge in [-0.05, 0) is 39.9 Å². The van der Waals surface area contributed by atoms with Crippen molar-refractivity contribution >= 4 is 17.7 Å². The largest absolute Gasteiger partial charge is 0.357 e. The Balaban J connectivity index is 2.36. The first-order valence-electron chi connectivity index (χ1n) is 7.45. The molecule has 1 fully saturated rings. The standard InChI is InChI=1S/C14H30N4S/c1-5-15-14(16-8-11-19-4)17-13-6-9-18(10-7-13)12(2)3/h12-13H,5-11H2,1-4H3,(H2,15,16,17). The predicted molar refractivity (Wildman–Crippen MR) is 87.2 cm³/mol. The zero-order valence-electron chi connectivity index (χ0n) is 12.9. The van der Waals surface area contributed by atoms with Gasteiger partial charge < -0.3 is 15.5 Å². The van der Waals surface area contributed by atoms with E-state index in [-0.39, 0.29) is 0 Å². The van der Waals surface area contributed by atoms with E-state index in [1.165, 1.54) is 25.9 Å². The van der Waals surface area contributed by atoms with Crippen LogP contribution in [0.5, 0.6) is 0 Å². The second kappa shape index (κ2) is 9.48. The van der Waals surface area contributed by atoms with Crippen LogP contribution < -0.4 is 10.6 Å². The van der Waals surface area contributed by atoms with Crippen molar-refractivity contribution in [1.29, 1.82) is 0 Å². The number of nitrogens with zero attached hydrogens (tertiary/aromatic N) is 2. The number of thioether (sulfide) groups is 1. The number of likely N-dealkylation sites (tertiary alicyclic amines) is 1. The summed E-state index contributed by atoms with van der Waals surface area (Å²) in [6.07, 6.45) is 4.55. The highest BCUT2D eigenvalue weighted by molar-refractivity contribution is 7.98. The lowest BCUT2D eigenvalue weighted by molar-refractivity contribution is 0.167. The summed E-state index contributed by atoms with van der Waals surface area (Å²) in [5.41, 5.74) is 0. The number of nitrogens with one attached hydrogen (secondary N) is 2. The Morgan fingerprint density at radius 1 is 1.37 bits per heavy atom. The van der Waals surface area contributed by atoms with Crippen molar-refractivity contribution in [2.45, 2.75) is 45.7 Å². The molecule has 19 heavy (non-hydrogen) atoms. The van der Waals surface area contributed by atoms with Gasteiger partial charge in [0.25, 0.3) is 0 Å². The van der Waals surface area contributed by atoms with E-state index in [0.717, 1.165) is 24.8 Å². The maximum absolute atomic E-state index is 4.61. The SMILES string of the molecule is CCNC(=NCCSC)NC1CCN(C(C)C)CC1. The Morgan fingerprint density at radius 2 is 2.05 bits per heavy atom. The summed E-state index contributed by atoms with van der Waals surface area (Å²) < 4.78 is 0. The summed E-state index contributed by atoms with van der Waals surface area (Å²) in [6, 6.07) is 1.24. The van der Waals surface area contributed by atoms with E-state index in [4.69, 9.17) is 0 Å². The van der Waals surface area contributed by atoms with Crippen LogP contribution in [0.3, 0.4) is 0 Å². The van der Waals surface area contributed by atoms with Crippen molar-refractivity contribution in [2.75, 3.05) is 38.2 Å². The van der Waals surface area contributed by atoms with Gasteiger partial charge in [0.1, 0.15) is 0 Å². The first kappa shape index (κ1) is 16.6. The van der Waals surface area contributed by atoms with Crippen molar-refractivity contribution in [2.24, 2.45) is 4.99 Å². The van der Waals surface area contributed by atoms with Gasteiger partial charge in [-0.25, -0.2) is 0 Å². The van der Waals surface area contributed by atoms with E-state index in [1.54, 1.807) is 0 Å². The van der Waals surface area contributed by atoms with Crippen molar-refractivity contribution in [3.05, 3.63) is 0 Å². The number of aliphatic imine (C=N–C) groups is 1. The molecule has 2 N–H and O–H groups in total. The second-order valence-corrected chi connectivity index (χ2v) is 6.29. The molecule has 0 aromatic carbocycles. The average Bonchev–Trinajstić information content (AvgIpc) is 2.40. The third kappa shape index (κ3) is 6.52. The number of hydrogen-bond acceptors (Lipinski definition) is 3. The summed E-state index contributed by atoms with van der Waals surface area (Å²) in [7, 11) is 0. The zero-order valence-corrected chi connectivity index (χ0v) is 13.7. The Labute approximate surface area is 122 Å². The second-order valence-electron chi connectivity index (χ2n) is 5.30. The van der Waals surface area contributed by atoms with Crippen LogP contribution in [0, 0.1) is 0 Å². The molecular formula is C14H30N4S. The molecule has 0 aromatic heterocycles. The summed E-state index contributed by atoms with van der Waals surface area (Å²) in [5, 5.41) is 6.92. The fraction of sp³-hybridized carbons (Fsp3) is 0.929. The number of guanidine groups is 1. The Morgan fingerprint density at radius 3 is 2.58 bits per heavy atom. The van der Waals surface area contributed by atoms with Crippen molar-refractivity contribution < 1.29 is 0 Å². The van der Waals surface area contributed by atoms with E-state index in [1.807, 2.05) is 11.8 Å². The Kier molecular flexibility index (Phi) is 8.30. The van der Waals surface area contributed by atoms with Crippen molar-refractivity contribution in [3.8, 4) is 0 Å². The summed E-state index contributed by atoms with van der Waals surface area (Å²) in [4.78, 5) is 7.16. The van der Waals surface area contributed by atoms with Crippen LogP contribution >= 0.6 is 11.8 Å². The van der Waals surface area contributed by atoms with Crippen LogP contribution in [-0.2, 0) is 0 Å². The van der Waals surface area contributed by atoms with Gasteiger partial charge in [0.05, 0.1) is 6.54 Å². The molecule has 1 heterocycles. The first-order valence-corrected chi connectivity index (χ1v) is 8.84. The van der Waals surface area contributed by atoms with Gasteiger partial charge in [0, 0.05) is 37.5 Å². The van der Waals surface area contributed by atoms with Gasteiger partial charge in [0.2, 0.25) is 0 Å². The summed E-state index contributed by atoms with van der Waals surface area (Å²) in [6.45, 7) is 10.9. The molecule has 0 radical (unpaired) electrons. The highest BCUT2D eigenvalue weighted by atomic mass is 32.2. The molecule has 1 aliphatic rings. The first-order chi connectivity index (χ1) is 9.17. The van der Waals surface area contributed by atoms with Gasteiger partial charge in [-0.2, -0.15) is 11.8 Å². The summed E-state index contributed by atoms with van der Waals surface area (Å²) in [5.74, 6) is 2.07. The average molecular weight is 286 g/mol. The molecule has 0 unspecified atom stereocenters. The highest BCUT2D eigenvalue weighted by Crippen LogP contribution is 2.12. The normalized spacial score (nSPS) is 18.9. The lowest BCUT2D eigenvalue weighted by Gasteiger charge is -2.35. The topological polar surface area (TPSA) is 39.7 Å². The van der Waals surface area contributed by atoms with Crippen molar-refractivity contribution in [3.63, 3.8) is 0 Å². The number of rotatable bonds is 6. The Bertz CT molecular complexity index is 260. The molecular weight excluding hydrogens is 256 g/mol. The number of piperidine rings is 1. The van der Waals surface area contributed by atoms with Crippen LogP contribution in [0.15, 0.2) is 4.99 Å². The van der Waals surface area contributed by atoms with Gasteiger partial charge in [0.15, 0.2) is 5.96 Å². The van der Waals surface area contributed by atoms with Gasteiger partial charge in [-0.3, -0.25) is 4.99 Å². The molecule has 0 amide bonds. The van der Waals surface area contributed by atoms with E-state index in [2.05, 4.69) is 47.6 Å². The number of hydrogen-bond donors (Lipinski definition) is 2. The highest BCUT2D eigenvalue weighted by Gasteiger charge is 2.21. The quantitative estimate of drug-likeness (QED) is 0.443. The van der Waals surface area contributed by atoms with Gasteiger partial charge in [-0.1, -0.05) is 0 Å². The van der Waals surface area contributed by atoms with Crippen LogP contribution in [0.25, 0.3) is 0 Å². The maximum atomic E-state index is 4.61. The minimum absolute atomic E-state index is 0.571. The minimum Gasteiger partial charge on any atom is -0.357 e. The summed E-state index contributed by atoms with van der Waals surface area (Å²) >= 11 is 1.84. The van der Waals surface area contributed by atoms with Gasteiger partial charge in [-0.15, -0.1) is 0 Å². The van der Waals surface area contributed by atoms with Gasteiger partial charge >= 0.3 is 0 Å². The predicted octanol–water partition coefficient (Wildman–Crippen LogP) is 1.78. The molecule has 0 atom stereocenters. The fourth-order valence-corrected chi connectivity index (χ4v) is 2.60. The molecule has 1 aliphatic heterocycles. The fourth-order valence-electron chi connectivity index (χ4n) is 2.32. The smallest absolute Gasteiger partial charge is 0.191 e. The van der Waals surface area contributed by atoms with E-state index < -0.39 is 0 Å². The molecule has 4 nitrogen and oxygen atoms in total. The van der Waals surface area contributed by atoms with Crippen LogP contribution in [0.4, 0.5) is 0 Å². The third-order valence-electron chi connectivity index (χ3n) is 3.51. The van der Waals surface area contributed by atoms with Crippen LogP contribution in [0.1, 0.15) is 33.6 Å². The lowest BCUT2D eigenvalue weighted by atomic mass is 10.0. The molecule has 0 bridgehead atoms. The molecule has 5 heteroatoms. The van der Waals surface area contributed by atoms with E-state index >= 15 is 0 Å². The molecule has 0 aromatic rings. The lowest BCUT2D eigenvalue weighted by Crippen LogP contribution is -2.49. The minimum atomic E-state index is 0.571. The van der Waals surface area contributed by atoms with E-state index in [9.17, 15) is 0 Å².